The van der Waals surface area contributed by atoms with Crippen molar-refractivity contribution >= 4 is 49.8 Å². The lowest BCUT2D eigenvalue weighted by Gasteiger charge is -2.28. The van der Waals surface area contributed by atoms with Crippen LogP contribution in [0.3, 0.4) is 0 Å². The maximum atomic E-state index is 12.7. The Balaban J connectivity index is 1.58. The summed E-state index contributed by atoms with van der Waals surface area (Å²) < 4.78 is 27.4. The molecule has 1 aromatic carbocycles. The maximum Gasteiger partial charge on any atom is 0.261 e. The van der Waals surface area contributed by atoms with E-state index in [0.717, 1.165) is 5.56 Å². The lowest BCUT2D eigenvalue weighted by molar-refractivity contribution is -0.112. The molecule has 27 heavy (non-hydrogen) atoms. The van der Waals surface area contributed by atoms with Crippen LogP contribution in [-0.4, -0.2) is 42.3 Å². The predicted octanol–water partition coefficient (Wildman–Crippen LogP) is 2.90. The lowest BCUT2D eigenvalue weighted by atomic mass is 10.1. The van der Waals surface area contributed by atoms with Gasteiger partial charge in [0.15, 0.2) is 11.0 Å². The van der Waals surface area contributed by atoms with Crippen molar-refractivity contribution in [3.8, 4) is 11.3 Å². The quantitative estimate of drug-likeness (QED) is 0.824. The van der Waals surface area contributed by atoms with E-state index in [1.54, 1.807) is 28.6 Å². The molecule has 0 spiro atoms. The minimum absolute atomic E-state index is 0.0799. The zero-order chi connectivity index (χ0) is 19.0. The van der Waals surface area contributed by atoms with E-state index in [4.69, 9.17) is 11.6 Å². The number of benzene rings is 1. The monoisotopic (exact) mass is 420 g/mol. The van der Waals surface area contributed by atoms with E-state index in [9.17, 15) is 13.2 Å². The number of nitrogens with zero attached hydrogens (tertiary/aromatic N) is 3. The lowest BCUT2D eigenvalue weighted by Crippen LogP contribution is -2.40. The maximum absolute atomic E-state index is 12.7. The molecule has 2 aromatic rings. The number of sulfonamides is 1. The summed E-state index contributed by atoms with van der Waals surface area (Å²) in [7, 11) is -3.57. The SMILES string of the molecule is O=C(Nc1nc(-c2ccccc2Cl)cs1)C1=CC=CN2CCS(=O)(=O)N=C12. The zero-order valence-corrected chi connectivity index (χ0v) is 16.2. The molecule has 1 amide bonds. The van der Waals surface area contributed by atoms with Gasteiger partial charge < -0.3 is 4.90 Å². The van der Waals surface area contributed by atoms with Crippen molar-refractivity contribution in [2.45, 2.75) is 0 Å². The molecule has 4 rings (SSSR count). The smallest absolute Gasteiger partial charge is 0.261 e. The van der Waals surface area contributed by atoms with E-state index in [2.05, 4.69) is 14.7 Å². The van der Waals surface area contributed by atoms with Gasteiger partial charge >= 0.3 is 0 Å². The molecule has 7 nitrogen and oxygen atoms in total. The van der Waals surface area contributed by atoms with Gasteiger partial charge in [-0.2, -0.15) is 0 Å². The average molecular weight is 421 g/mol. The van der Waals surface area contributed by atoms with Gasteiger partial charge in [0.2, 0.25) is 0 Å². The third-order valence-corrected chi connectivity index (χ3v) is 6.21. The van der Waals surface area contributed by atoms with Gasteiger partial charge in [0.1, 0.15) is 0 Å². The number of amidine groups is 1. The Labute approximate surface area is 164 Å². The highest BCUT2D eigenvalue weighted by Gasteiger charge is 2.30. The Hall–Kier alpha value is -2.49. The molecule has 0 bridgehead atoms. The molecule has 2 aliphatic heterocycles. The van der Waals surface area contributed by atoms with Gasteiger partial charge in [0, 0.05) is 28.7 Å². The number of hydrogen-bond donors (Lipinski definition) is 1. The fourth-order valence-electron chi connectivity index (χ4n) is 2.68. The van der Waals surface area contributed by atoms with Crippen LogP contribution < -0.4 is 5.32 Å². The Morgan fingerprint density at radius 3 is 2.93 bits per heavy atom. The van der Waals surface area contributed by atoms with Gasteiger partial charge in [0.25, 0.3) is 15.9 Å². The van der Waals surface area contributed by atoms with Gasteiger partial charge in [-0.3, -0.25) is 10.1 Å². The molecule has 0 saturated carbocycles. The minimum atomic E-state index is -3.57. The second kappa shape index (κ2) is 6.91. The number of carbonyl (C=O) groups is 1. The summed E-state index contributed by atoms with van der Waals surface area (Å²) in [6.45, 7) is 0.260. The van der Waals surface area contributed by atoms with Gasteiger partial charge in [-0.15, -0.1) is 15.7 Å². The summed E-state index contributed by atoms with van der Waals surface area (Å²) in [5.74, 6) is -0.423. The minimum Gasteiger partial charge on any atom is -0.331 e. The molecular weight excluding hydrogens is 408 g/mol. The van der Waals surface area contributed by atoms with Crippen LogP contribution in [0.1, 0.15) is 0 Å². The molecule has 10 heteroatoms. The van der Waals surface area contributed by atoms with Gasteiger partial charge in [-0.05, 0) is 18.2 Å². The van der Waals surface area contributed by atoms with E-state index in [1.165, 1.54) is 17.4 Å². The number of carbonyl (C=O) groups excluding carboxylic acids is 1. The normalized spacial score (nSPS) is 17.7. The second-order valence-corrected chi connectivity index (χ2v) is 8.81. The number of aromatic nitrogens is 1. The topological polar surface area (TPSA) is 91.7 Å². The van der Waals surface area contributed by atoms with Crippen molar-refractivity contribution in [1.82, 2.24) is 9.88 Å². The number of amides is 1. The summed E-state index contributed by atoms with van der Waals surface area (Å²) >= 11 is 7.44. The number of anilines is 1. The van der Waals surface area contributed by atoms with Crippen molar-refractivity contribution in [3.05, 3.63) is 58.6 Å². The fourth-order valence-corrected chi connectivity index (χ4v) is 4.61. The Morgan fingerprint density at radius 2 is 2.11 bits per heavy atom. The van der Waals surface area contributed by atoms with E-state index in [0.29, 0.717) is 15.8 Å². The number of halogens is 1. The first-order valence-electron chi connectivity index (χ1n) is 7.93. The fraction of sp³-hybridized carbons (Fsp3) is 0.118. The van der Waals surface area contributed by atoms with Crippen LogP contribution in [0, 0.1) is 0 Å². The number of rotatable bonds is 3. The van der Waals surface area contributed by atoms with Crippen molar-refractivity contribution in [2.75, 3.05) is 17.6 Å². The summed E-state index contributed by atoms with van der Waals surface area (Å²) in [5.41, 5.74) is 1.59. The molecule has 1 aromatic heterocycles. The van der Waals surface area contributed by atoms with Crippen molar-refractivity contribution in [2.24, 2.45) is 4.40 Å². The summed E-state index contributed by atoms with van der Waals surface area (Å²) in [6, 6.07) is 7.30. The second-order valence-electron chi connectivity index (χ2n) is 5.79. The van der Waals surface area contributed by atoms with Crippen LogP contribution in [0.15, 0.2) is 58.0 Å². The highest BCUT2D eigenvalue weighted by atomic mass is 35.5. The standard InChI is InChI=1S/C17H13ClN4O3S2/c18-13-6-2-1-4-11(13)14-10-26-17(19-14)20-16(23)12-5-3-7-22-8-9-27(24,25)21-15(12)22/h1-7,10H,8-9H2,(H,19,20,23). The molecule has 138 valence electrons. The van der Waals surface area contributed by atoms with Crippen LogP contribution in [-0.2, 0) is 14.8 Å². The van der Waals surface area contributed by atoms with Gasteiger partial charge in [-0.25, -0.2) is 13.4 Å². The molecule has 0 saturated heterocycles. The third kappa shape index (κ3) is 3.66. The average Bonchev–Trinajstić information content (AvgIpc) is 3.09. The van der Waals surface area contributed by atoms with Crippen LogP contribution in [0.2, 0.25) is 5.02 Å². The van der Waals surface area contributed by atoms with Crippen LogP contribution in [0.5, 0.6) is 0 Å². The first-order chi connectivity index (χ1) is 12.9. The highest BCUT2D eigenvalue weighted by molar-refractivity contribution is 7.90. The first-order valence-corrected chi connectivity index (χ1v) is 10.8. The Morgan fingerprint density at radius 1 is 1.30 bits per heavy atom. The largest absolute Gasteiger partial charge is 0.331 e. The number of hydrogen-bond acceptors (Lipinski definition) is 6. The van der Waals surface area contributed by atoms with E-state index >= 15 is 0 Å². The molecule has 0 aliphatic carbocycles. The van der Waals surface area contributed by atoms with Crippen molar-refractivity contribution < 1.29 is 13.2 Å². The Kier molecular flexibility index (Phi) is 4.58. The van der Waals surface area contributed by atoms with E-state index < -0.39 is 15.9 Å². The number of nitrogens with one attached hydrogen (secondary N) is 1. The number of thiazole rings is 1. The molecule has 0 unspecified atom stereocenters. The van der Waals surface area contributed by atoms with E-state index in [1.807, 2.05) is 18.2 Å². The molecule has 0 fully saturated rings. The molecule has 3 heterocycles. The number of allylic oxidation sites excluding steroid dienone is 2. The highest BCUT2D eigenvalue weighted by Crippen LogP contribution is 2.30. The zero-order valence-electron chi connectivity index (χ0n) is 13.8. The number of fused-ring (bicyclic) bond motifs is 1. The molecule has 1 N–H and O–H groups in total. The van der Waals surface area contributed by atoms with Crippen LogP contribution in [0.25, 0.3) is 11.3 Å². The van der Waals surface area contributed by atoms with Crippen molar-refractivity contribution in [3.63, 3.8) is 0 Å². The van der Waals surface area contributed by atoms with Crippen LogP contribution in [0.4, 0.5) is 5.13 Å². The Bertz CT molecular complexity index is 1120. The van der Waals surface area contributed by atoms with Gasteiger partial charge in [0.05, 0.1) is 17.0 Å². The summed E-state index contributed by atoms with van der Waals surface area (Å²) in [5, 5.41) is 5.45. The van der Waals surface area contributed by atoms with Crippen LogP contribution >= 0.6 is 22.9 Å². The molecule has 0 atom stereocenters. The van der Waals surface area contributed by atoms with Gasteiger partial charge in [-0.1, -0.05) is 29.8 Å². The van der Waals surface area contributed by atoms with Crippen molar-refractivity contribution in [1.29, 1.82) is 0 Å². The first kappa shape index (κ1) is 17.9. The molecular formula is C17H13ClN4O3S2. The summed E-state index contributed by atoms with van der Waals surface area (Å²) in [4.78, 5) is 18.7. The third-order valence-electron chi connectivity index (χ3n) is 3.98. The predicted molar refractivity (Wildman–Crippen MR) is 106 cm³/mol. The molecule has 2 aliphatic rings. The van der Waals surface area contributed by atoms with E-state index in [-0.39, 0.29) is 23.7 Å². The summed E-state index contributed by atoms with van der Waals surface area (Å²) in [6.07, 6.45) is 4.92. The molecule has 0 radical (unpaired) electrons.